The molecule has 12 heteroatoms. The van der Waals surface area contributed by atoms with Gasteiger partial charge in [-0.2, -0.15) is 0 Å². The van der Waals surface area contributed by atoms with Crippen molar-refractivity contribution in [2.45, 2.75) is 44.9 Å². The van der Waals surface area contributed by atoms with Crippen LogP contribution in [0.2, 0.25) is 5.02 Å². The van der Waals surface area contributed by atoms with Crippen LogP contribution in [-0.2, 0) is 9.59 Å². The number of aliphatic carboxylic acids is 1. The molecule has 0 bridgehead atoms. The number of ether oxygens (including phenoxy) is 1. The Morgan fingerprint density at radius 3 is 2.44 bits per heavy atom. The van der Waals surface area contributed by atoms with Crippen LogP contribution in [0.1, 0.15) is 66.3 Å². The van der Waals surface area contributed by atoms with Crippen LogP contribution in [-0.4, -0.2) is 69.7 Å². The topological polar surface area (TPSA) is 129 Å². The van der Waals surface area contributed by atoms with E-state index in [4.69, 9.17) is 21.3 Å². The number of nitrogens with one attached hydrogen (secondary N) is 1. The van der Waals surface area contributed by atoms with Gasteiger partial charge in [0.2, 0.25) is 5.91 Å². The van der Waals surface area contributed by atoms with Crippen LogP contribution < -0.4 is 10.1 Å². The first kappa shape index (κ1) is 32.2. The maximum atomic E-state index is 14.5. The average Bonchev–Trinajstić information content (AvgIpc) is 3.36. The summed E-state index contributed by atoms with van der Waals surface area (Å²) in [4.78, 5) is 59.1. The van der Waals surface area contributed by atoms with Crippen LogP contribution in [0.15, 0.2) is 76.2 Å². The first-order valence-electron chi connectivity index (χ1n) is 14.3. The Hall–Kier alpha value is -4.22. The molecule has 2 heterocycles. The molecule has 2 aliphatic rings. The van der Waals surface area contributed by atoms with Gasteiger partial charge in [-0.05, 0) is 68.3 Å². The van der Waals surface area contributed by atoms with E-state index in [0.29, 0.717) is 23.7 Å². The molecule has 0 spiro atoms. The molecule has 0 saturated carbocycles. The Morgan fingerprint density at radius 1 is 1.07 bits per heavy atom. The normalized spacial score (nSPS) is 18.3. The molecule has 0 radical (unpaired) electrons. The summed E-state index contributed by atoms with van der Waals surface area (Å²) in [6, 6.07) is 17.8. The van der Waals surface area contributed by atoms with Crippen molar-refractivity contribution in [1.29, 1.82) is 0 Å². The third kappa shape index (κ3) is 7.37. The third-order valence-electron chi connectivity index (χ3n) is 7.26. The Bertz CT molecular complexity index is 1690. The zero-order valence-corrected chi connectivity index (χ0v) is 27.3. The van der Waals surface area contributed by atoms with Gasteiger partial charge < -0.3 is 20.1 Å². The minimum Gasteiger partial charge on any atom is -0.487 e. The molecule has 1 saturated heterocycles. The SMILES string of the molecule is CC(C)(C)Oc1cc(C(=O)CC(=O)O)ccc1C1=N[C@@H](c2ccc(Br)cc2)[C@@H](c2cccc(Cl)c2)N1C(=O)N1CCNC(=O)C1. The van der Waals surface area contributed by atoms with Gasteiger partial charge in [0, 0.05) is 28.1 Å². The van der Waals surface area contributed by atoms with Gasteiger partial charge in [-0.25, -0.2) is 4.79 Å². The molecule has 2 aliphatic heterocycles. The van der Waals surface area contributed by atoms with E-state index in [1.54, 1.807) is 23.1 Å². The monoisotopic (exact) mass is 694 g/mol. The first-order valence-corrected chi connectivity index (χ1v) is 15.5. The standard InChI is InChI=1S/C33H32BrClN4O6/c1-33(2,3)45-26-16-20(25(40)17-28(42)43)9-12-24(26)31-37-29(19-7-10-22(34)11-8-19)30(21-5-4-6-23(35)15-21)39(31)32(44)38-14-13-36-27(41)18-38/h4-12,15-16,29-30H,13-14,17-18H2,1-3H3,(H,36,41)(H,42,43)/t29-,30+/m0/s1. The first-order chi connectivity index (χ1) is 21.3. The van der Waals surface area contributed by atoms with Crippen LogP contribution in [0, 0.1) is 0 Å². The predicted octanol–water partition coefficient (Wildman–Crippen LogP) is 6.03. The van der Waals surface area contributed by atoms with Gasteiger partial charge >= 0.3 is 12.0 Å². The van der Waals surface area contributed by atoms with Gasteiger partial charge in [0.1, 0.15) is 36.2 Å². The number of carboxylic acid groups (broad SMARTS) is 1. The van der Waals surface area contributed by atoms with E-state index in [1.807, 2.05) is 57.2 Å². The van der Waals surface area contributed by atoms with Crippen LogP contribution in [0.4, 0.5) is 4.79 Å². The molecule has 1 fully saturated rings. The Kier molecular flexibility index (Phi) is 9.31. The highest BCUT2D eigenvalue weighted by Crippen LogP contribution is 2.46. The average molecular weight is 696 g/mol. The van der Waals surface area contributed by atoms with Gasteiger partial charge in [-0.1, -0.05) is 57.9 Å². The molecule has 45 heavy (non-hydrogen) atoms. The summed E-state index contributed by atoms with van der Waals surface area (Å²) in [6.07, 6.45) is -0.681. The highest BCUT2D eigenvalue weighted by molar-refractivity contribution is 9.10. The minimum atomic E-state index is -1.24. The number of amides is 3. The lowest BCUT2D eigenvalue weighted by molar-refractivity contribution is -0.136. The van der Waals surface area contributed by atoms with Gasteiger partial charge in [-0.15, -0.1) is 0 Å². The number of rotatable bonds is 7. The van der Waals surface area contributed by atoms with Crippen molar-refractivity contribution in [3.05, 3.63) is 98.5 Å². The Balaban J connectivity index is 1.73. The number of carboxylic acids is 1. The zero-order valence-electron chi connectivity index (χ0n) is 24.9. The van der Waals surface area contributed by atoms with Gasteiger partial charge in [0.25, 0.3) is 0 Å². The molecular formula is C33H32BrClN4O6. The zero-order chi connectivity index (χ0) is 32.5. The molecule has 3 amide bonds. The van der Waals surface area contributed by atoms with Gasteiger partial charge in [-0.3, -0.25) is 24.3 Å². The Morgan fingerprint density at radius 2 is 1.80 bits per heavy atom. The quantitative estimate of drug-likeness (QED) is 0.229. The fourth-order valence-electron chi connectivity index (χ4n) is 5.37. The van der Waals surface area contributed by atoms with Crippen LogP contribution in [0.5, 0.6) is 5.75 Å². The number of halogens is 2. The fraction of sp³-hybridized carbons (Fsp3) is 0.303. The molecule has 2 atom stereocenters. The number of urea groups is 1. The summed E-state index contributed by atoms with van der Waals surface area (Å²) in [5, 5.41) is 12.5. The van der Waals surface area contributed by atoms with Crippen molar-refractivity contribution in [2.75, 3.05) is 19.6 Å². The summed E-state index contributed by atoms with van der Waals surface area (Å²) < 4.78 is 7.20. The summed E-state index contributed by atoms with van der Waals surface area (Å²) >= 11 is 9.96. The fourth-order valence-corrected chi connectivity index (χ4v) is 5.84. The molecular weight excluding hydrogens is 664 g/mol. The minimum absolute atomic E-state index is 0.123. The van der Waals surface area contributed by atoms with E-state index < -0.39 is 41.9 Å². The molecule has 10 nitrogen and oxygen atoms in total. The lowest BCUT2D eigenvalue weighted by atomic mass is 9.93. The number of carbonyl (C=O) groups excluding carboxylic acids is 3. The summed E-state index contributed by atoms with van der Waals surface area (Å²) in [5.41, 5.74) is 1.42. The van der Waals surface area contributed by atoms with Crippen molar-refractivity contribution >= 4 is 57.1 Å². The summed E-state index contributed by atoms with van der Waals surface area (Å²) in [7, 11) is 0. The van der Waals surface area contributed by atoms with Gasteiger partial charge in [0.05, 0.1) is 11.6 Å². The van der Waals surface area contributed by atoms with Gasteiger partial charge in [0.15, 0.2) is 5.78 Å². The second-order valence-corrected chi connectivity index (χ2v) is 13.1. The van der Waals surface area contributed by atoms with Crippen molar-refractivity contribution in [3.63, 3.8) is 0 Å². The van der Waals surface area contributed by atoms with Crippen LogP contribution in [0.25, 0.3) is 0 Å². The van der Waals surface area contributed by atoms with Crippen molar-refractivity contribution in [1.82, 2.24) is 15.1 Å². The number of ketones is 1. The van der Waals surface area contributed by atoms with E-state index in [-0.39, 0.29) is 29.6 Å². The maximum Gasteiger partial charge on any atom is 0.326 e. The number of hydrogen-bond donors (Lipinski definition) is 2. The number of benzene rings is 3. The number of Topliss-reactive ketones (excluding diaryl/α,β-unsaturated/α-hetero) is 1. The summed E-state index contributed by atoms with van der Waals surface area (Å²) in [6.45, 7) is 6.01. The van der Waals surface area contributed by atoms with Crippen molar-refractivity contribution in [2.24, 2.45) is 4.99 Å². The predicted molar refractivity (Wildman–Crippen MR) is 173 cm³/mol. The highest BCUT2D eigenvalue weighted by atomic mass is 79.9. The van der Waals surface area contributed by atoms with E-state index in [1.165, 1.54) is 17.0 Å². The molecule has 234 valence electrons. The molecule has 2 N–H and O–H groups in total. The Labute approximate surface area is 274 Å². The molecule has 5 rings (SSSR count). The van der Waals surface area contributed by atoms with E-state index in [0.717, 1.165) is 15.6 Å². The van der Waals surface area contributed by atoms with E-state index in [9.17, 15) is 24.3 Å². The number of nitrogens with zero attached hydrogens (tertiary/aromatic N) is 3. The molecule has 3 aromatic carbocycles. The number of carbonyl (C=O) groups is 4. The number of amidine groups is 1. The maximum absolute atomic E-state index is 14.5. The largest absolute Gasteiger partial charge is 0.487 e. The van der Waals surface area contributed by atoms with Crippen LogP contribution in [0.3, 0.4) is 0 Å². The van der Waals surface area contributed by atoms with Crippen LogP contribution >= 0.6 is 27.5 Å². The second-order valence-electron chi connectivity index (χ2n) is 11.8. The molecule has 0 aliphatic carbocycles. The second kappa shape index (κ2) is 13.0. The van der Waals surface area contributed by atoms with Crippen molar-refractivity contribution in [3.8, 4) is 5.75 Å². The highest BCUT2D eigenvalue weighted by Gasteiger charge is 2.45. The summed E-state index contributed by atoms with van der Waals surface area (Å²) in [5.74, 6) is -1.56. The van der Waals surface area contributed by atoms with E-state index in [2.05, 4.69) is 21.2 Å². The molecule has 3 aromatic rings. The lowest BCUT2D eigenvalue weighted by Crippen LogP contribution is -2.55. The third-order valence-corrected chi connectivity index (χ3v) is 8.02. The number of aliphatic imine (C=N–C) groups is 1. The number of piperazine rings is 1. The molecule has 0 unspecified atom stereocenters. The smallest absolute Gasteiger partial charge is 0.326 e. The van der Waals surface area contributed by atoms with E-state index >= 15 is 0 Å². The van der Waals surface area contributed by atoms with Crippen molar-refractivity contribution < 1.29 is 29.0 Å². The number of hydrogen-bond acceptors (Lipinski definition) is 6. The lowest BCUT2D eigenvalue weighted by Gasteiger charge is -2.36. The molecule has 0 aromatic heterocycles.